The monoisotopic (exact) mass is 425 g/mol. The lowest BCUT2D eigenvalue weighted by molar-refractivity contribution is 0.0727. The molecule has 2 aromatic rings. The van der Waals surface area contributed by atoms with Gasteiger partial charge in [-0.15, -0.1) is 11.3 Å². The van der Waals surface area contributed by atoms with Crippen molar-refractivity contribution in [2.75, 3.05) is 26.2 Å². The van der Waals surface area contributed by atoms with Gasteiger partial charge in [-0.05, 0) is 34.5 Å². The minimum Gasteiger partial charge on any atom is -0.444 e. The first-order valence-corrected chi connectivity index (χ1v) is 10.2. The molecule has 7 heteroatoms. The molecule has 2 aromatic heterocycles. The molecule has 0 saturated carbocycles. The number of aromatic nitrogens is 1. The molecule has 0 atom stereocenters. The highest BCUT2D eigenvalue weighted by Gasteiger charge is 2.23. The summed E-state index contributed by atoms with van der Waals surface area (Å²) in [5, 5.41) is 3.34. The summed E-state index contributed by atoms with van der Waals surface area (Å²) in [6, 6.07) is 3.48. The molecule has 0 aliphatic carbocycles. The van der Waals surface area contributed by atoms with Gasteiger partial charge >= 0.3 is 0 Å². The molecule has 1 aliphatic heterocycles. The molecule has 1 fully saturated rings. The maximum absolute atomic E-state index is 12.5. The quantitative estimate of drug-likeness (QED) is 0.740. The zero-order valence-electron chi connectivity index (χ0n) is 14.9. The van der Waals surface area contributed by atoms with E-state index in [-0.39, 0.29) is 11.3 Å². The Morgan fingerprint density at radius 1 is 1.28 bits per heavy atom. The fourth-order valence-electron chi connectivity index (χ4n) is 2.87. The molecule has 5 nitrogen and oxygen atoms in total. The molecule has 3 heterocycles. The summed E-state index contributed by atoms with van der Waals surface area (Å²) in [5.74, 6) is 0.367. The van der Waals surface area contributed by atoms with Crippen LogP contribution >= 0.6 is 27.3 Å². The van der Waals surface area contributed by atoms with E-state index in [1.807, 2.05) is 4.90 Å². The van der Waals surface area contributed by atoms with Gasteiger partial charge in [-0.2, -0.15) is 0 Å². The number of amides is 1. The lowest BCUT2D eigenvalue weighted by Gasteiger charge is -2.20. The maximum atomic E-state index is 12.5. The van der Waals surface area contributed by atoms with Crippen LogP contribution < -0.4 is 0 Å². The first-order chi connectivity index (χ1) is 11.8. The number of rotatable bonds is 3. The minimum absolute atomic E-state index is 0.0313. The van der Waals surface area contributed by atoms with Crippen molar-refractivity contribution in [3.63, 3.8) is 0 Å². The summed E-state index contributed by atoms with van der Waals surface area (Å²) in [6.45, 7) is 10.7. The first-order valence-electron chi connectivity index (χ1n) is 8.55. The zero-order valence-corrected chi connectivity index (χ0v) is 17.3. The Bertz CT molecular complexity index is 735. The lowest BCUT2D eigenvalue weighted by atomic mass is 9.98. The third kappa shape index (κ3) is 4.71. The lowest BCUT2D eigenvalue weighted by Crippen LogP contribution is -2.35. The Balaban J connectivity index is 1.58. The van der Waals surface area contributed by atoms with Crippen molar-refractivity contribution in [2.45, 2.75) is 39.2 Å². The van der Waals surface area contributed by atoms with Gasteiger partial charge in [0.05, 0.1) is 10.7 Å². The predicted octanol–water partition coefficient (Wildman–Crippen LogP) is 4.14. The van der Waals surface area contributed by atoms with Crippen LogP contribution in [0.25, 0.3) is 0 Å². The molecule has 0 spiro atoms. The molecule has 1 aliphatic rings. The van der Waals surface area contributed by atoms with E-state index in [0.29, 0.717) is 17.0 Å². The summed E-state index contributed by atoms with van der Waals surface area (Å²) >= 11 is 4.99. The molecule has 0 N–H and O–H groups in total. The van der Waals surface area contributed by atoms with Crippen molar-refractivity contribution < 1.29 is 9.21 Å². The fraction of sp³-hybridized carbons (Fsp3) is 0.556. The van der Waals surface area contributed by atoms with E-state index in [4.69, 9.17) is 9.40 Å². The van der Waals surface area contributed by atoms with E-state index >= 15 is 0 Å². The van der Waals surface area contributed by atoms with Crippen molar-refractivity contribution in [1.82, 2.24) is 14.8 Å². The molecule has 1 amide bonds. The highest BCUT2D eigenvalue weighted by atomic mass is 79.9. The second-order valence-corrected chi connectivity index (χ2v) is 9.06. The Hall–Kier alpha value is -1.18. The largest absolute Gasteiger partial charge is 0.444 e. The molecule has 0 unspecified atom stereocenters. The summed E-state index contributed by atoms with van der Waals surface area (Å²) in [6.07, 6.45) is 0.962. The molecule has 25 heavy (non-hydrogen) atoms. The third-order valence-corrected chi connectivity index (χ3v) is 5.98. The Morgan fingerprint density at radius 3 is 2.72 bits per heavy atom. The van der Waals surface area contributed by atoms with Gasteiger partial charge in [-0.25, -0.2) is 4.98 Å². The van der Waals surface area contributed by atoms with Crippen LogP contribution in [0.5, 0.6) is 0 Å². The van der Waals surface area contributed by atoms with Crippen LogP contribution in [0.2, 0.25) is 0 Å². The van der Waals surface area contributed by atoms with Gasteiger partial charge in [0, 0.05) is 43.5 Å². The van der Waals surface area contributed by atoms with Crippen molar-refractivity contribution in [2.24, 2.45) is 0 Å². The van der Waals surface area contributed by atoms with Crippen molar-refractivity contribution in [3.05, 3.63) is 38.6 Å². The number of furan rings is 1. The van der Waals surface area contributed by atoms with Crippen molar-refractivity contribution >= 4 is 33.2 Å². The smallest absolute Gasteiger partial charge is 0.289 e. The van der Waals surface area contributed by atoms with Gasteiger partial charge in [0.25, 0.3) is 5.91 Å². The van der Waals surface area contributed by atoms with E-state index in [2.05, 4.69) is 47.0 Å². The number of carbonyl (C=O) groups is 1. The van der Waals surface area contributed by atoms with E-state index in [9.17, 15) is 4.79 Å². The minimum atomic E-state index is -0.0313. The van der Waals surface area contributed by atoms with Gasteiger partial charge in [-0.1, -0.05) is 20.8 Å². The van der Waals surface area contributed by atoms with Gasteiger partial charge in [0.2, 0.25) is 0 Å². The van der Waals surface area contributed by atoms with Gasteiger partial charge < -0.3 is 9.32 Å². The summed E-state index contributed by atoms with van der Waals surface area (Å²) in [7, 11) is 0. The topological polar surface area (TPSA) is 49.6 Å². The van der Waals surface area contributed by atoms with Gasteiger partial charge in [-0.3, -0.25) is 9.69 Å². The summed E-state index contributed by atoms with van der Waals surface area (Å²) in [4.78, 5) is 21.6. The van der Waals surface area contributed by atoms with E-state index < -0.39 is 0 Å². The number of nitrogens with zero attached hydrogens (tertiary/aromatic N) is 3. The maximum Gasteiger partial charge on any atom is 0.289 e. The zero-order chi connectivity index (χ0) is 18.0. The Morgan fingerprint density at radius 2 is 2.08 bits per heavy atom. The molecule has 1 saturated heterocycles. The Labute approximate surface area is 161 Å². The molecule has 0 radical (unpaired) electrons. The normalized spacial score (nSPS) is 16.9. The SMILES string of the molecule is CC(C)(C)c1nc(CN2CCCN(C(=O)c3ccc(Br)o3)CC2)cs1. The second kappa shape index (κ2) is 7.60. The second-order valence-electron chi connectivity index (χ2n) is 7.42. The van der Waals surface area contributed by atoms with Gasteiger partial charge in [0.15, 0.2) is 10.4 Å². The standard InChI is InChI=1S/C18H24BrN3O2S/c1-18(2,3)17-20-13(12-25-17)11-21-7-4-8-22(10-9-21)16(23)14-5-6-15(19)24-14/h5-6,12H,4,7-11H2,1-3H3. The van der Waals surface area contributed by atoms with E-state index in [0.717, 1.165) is 38.3 Å². The predicted molar refractivity (Wildman–Crippen MR) is 103 cm³/mol. The molecular weight excluding hydrogens is 402 g/mol. The number of halogens is 1. The van der Waals surface area contributed by atoms with E-state index in [1.165, 1.54) is 5.01 Å². The molecule has 136 valence electrons. The molecule has 0 bridgehead atoms. The van der Waals surface area contributed by atoms with Gasteiger partial charge in [0.1, 0.15) is 0 Å². The molecule has 0 aromatic carbocycles. The van der Waals surface area contributed by atoms with Crippen LogP contribution in [-0.2, 0) is 12.0 Å². The first kappa shape index (κ1) is 18.6. The number of hydrogen-bond donors (Lipinski definition) is 0. The fourth-order valence-corrected chi connectivity index (χ4v) is 4.08. The number of hydrogen-bond acceptors (Lipinski definition) is 5. The number of carbonyl (C=O) groups excluding carboxylic acids is 1. The molecular formula is C18H24BrN3O2S. The third-order valence-electron chi connectivity index (χ3n) is 4.24. The van der Waals surface area contributed by atoms with E-state index in [1.54, 1.807) is 23.5 Å². The van der Waals surface area contributed by atoms with Crippen LogP contribution in [0.15, 0.2) is 26.6 Å². The van der Waals surface area contributed by atoms with Crippen LogP contribution in [0, 0.1) is 0 Å². The average molecular weight is 426 g/mol. The Kier molecular flexibility index (Phi) is 5.65. The van der Waals surface area contributed by atoms with Crippen LogP contribution in [-0.4, -0.2) is 46.9 Å². The molecule has 3 rings (SSSR count). The average Bonchev–Trinajstić information content (AvgIpc) is 3.12. The van der Waals surface area contributed by atoms with Crippen LogP contribution in [0.3, 0.4) is 0 Å². The summed E-state index contributed by atoms with van der Waals surface area (Å²) in [5.41, 5.74) is 1.23. The summed E-state index contributed by atoms with van der Waals surface area (Å²) < 4.78 is 5.99. The highest BCUT2D eigenvalue weighted by molar-refractivity contribution is 9.10. The van der Waals surface area contributed by atoms with Crippen molar-refractivity contribution in [3.8, 4) is 0 Å². The van der Waals surface area contributed by atoms with Crippen molar-refractivity contribution in [1.29, 1.82) is 0 Å². The highest BCUT2D eigenvalue weighted by Crippen LogP contribution is 2.26. The van der Waals surface area contributed by atoms with Crippen LogP contribution in [0.1, 0.15) is 48.4 Å². The van der Waals surface area contributed by atoms with Crippen LogP contribution in [0.4, 0.5) is 0 Å². The number of thiazole rings is 1.